The maximum Gasteiger partial charge on any atom is 0.0623 e. The Kier molecular flexibility index (Phi) is 2.90. The van der Waals surface area contributed by atoms with Crippen LogP contribution in [-0.2, 0) is 0 Å². The van der Waals surface area contributed by atoms with Gasteiger partial charge in [-0.15, -0.1) is 0 Å². The highest BCUT2D eigenvalue weighted by Crippen LogP contribution is 2.44. The largest absolute Gasteiger partial charge is 0.396 e. The minimum Gasteiger partial charge on any atom is -0.396 e. The van der Waals surface area contributed by atoms with E-state index in [1.165, 1.54) is 0 Å². The Hall–Kier alpha value is -0.0800. The quantitative estimate of drug-likeness (QED) is 0.644. The first kappa shape index (κ1) is 9.01. The number of hydrogen-bond acceptors (Lipinski definition) is 2. The summed E-state index contributed by atoms with van der Waals surface area (Å²) >= 11 is 0. The number of aliphatic hydroxyl groups is 2. The summed E-state index contributed by atoms with van der Waals surface area (Å²) in [5.74, 6) is 1.15. The Morgan fingerprint density at radius 3 is 1.91 bits per heavy atom. The van der Waals surface area contributed by atoms with E-state index >= 15 is 0 Å². The van der Waals surface area contributed by atoms with Crippen LogP contribution in [0.4, 0.5) is 0 Å². The molecule has 2 N–H and O–H groups in total. The van der Waals surface area contributed by atoms with Gasteiger partial charge in [0.2, 0.25) is 0 Å². The molecule has 1 aliphatic rings. The molecule has 0 aromatic heterocycles. The van der Waals surface area contributed by atoms with Crippen molar-refractivity contribution in [3.8, 4) is 0 Å². The molecule has 11 heavy (non-hydrogen) atoms. The molecular formula is C9H18O2. The first-order valence-electron chi connectivity index (χ1n) is 4.55. The van der Waals surface area contributed by atoms with Crippen LogP contribution in [0.3, 0.4) is 0 Å². The van der Waals surface area contributed by atoms with E-state index in [0.29, 0.717) is 11.8 Å². The predicted molar refractivity (Wildman–Crippen MR) is 44.1 cm³/mol. The smallest absolute Gasteiger partial charge is 0.0623 e. The summed E-state index contributed by atoms with van der Waals surface area (Å²) in [7, 11) is 0. The van der Waals surface area contributed by atoms with E-state index in [1.807, 2.05) is 0 Å². The summed E-state index contributed by atoms with van der Waals surface area (Å²) in [4.78, 5) is 0. The topological polar surface area (TPSA) is 40.5 Å². The molecular weight excluding hydrogens is 140 g/mol. The van der Waals surface area contributed by atoms with Gasteiger partial charge in [0.1, 0.15) is 0 Å². The standard InChI is InChI=1S/C9H18O2/c1-3-6-7(4-2)9(11)8(6)5-10/h6-11H,3-5H2,1-2H3. The highest BCUT2D eigenvalue weighted by atomic mass is 16.3. The molecule has 4 atom stereocenters. The van der Waals surface area contributed by atoms with E-state index in [2.05, 4.69) is 13.8 Å². The Morgan fingerprint density at radius 2 is 1.55 bits per heavy atom. The van der Waals surface area contributed by atoms with Crippen molar-refractivity contribution in [2.75, 3.05) is 6.61 Å². The third-order valence-electron chi connectivity index (χ3n) is 3.13. The first-order chi connectivity index (χ1) is 5.26. The molecule has 1 fully saturated rings. The van der Waals surface area contributed by atoms with Gasteiger partial charge < -0.3 is 10.2 Å². The van der Waals surface area contributed by atoms with Gasteiger partial charge >= 0.3 is 0 Å². The second-order valence-electron chi connectivity index (χ2n) is 3.48. The van der Waals surface area contributed by atoms with Crippen molar-refractivity contribution in [1.29, 1.82) is 0 Å². The summed E-state index contributed by atoms with van der Waals surface area (Å²) in [6.45, 7) is 4.38. The van der Waals surface area contributed by atoms with Crippen molar-refractivity contribution in [2.45, 2.75) is 32.8 Å². The SMILES string of the molecule is CCC1C(O)C(CO)C1CC. The van der Waals surface area contributed by atoms with Crippen molar-refractivity contribution < 1.29 is 10.2 Å². The van der Waals surface area contributed by atoms with Gasteiger partial charge in [0.25, 0.3) is 0 Å². The fourth-order valence-corrected chi connectivity index (χ4v) is 2.39. The zero-order valence-electron chi connectivity index (χ0n) is 7.33. The molecule has 2 nitrogen and oxygen atoms in total. The van der Waals surface area contributed by atoms with Gasteiger partial charge in [-0.05, 0) is 11.8 Å². The van der Waals surface area contributed by atoms with Gasteiger partial charge in [0, 0.05) is 12.5 Å². The number of hydrogen-bond donors (Lipinski definition) is 2. The molecule has 0 aromatic carbocycles. The summed E-state index contributed by atoms with van der Waals surface area (Å²) in [5, 5.41) is 18.4. The van der Waals surface area contributed by atoms with Crippen molar-refractivity contribution in [3.05, 3.63) is 0 Å². The van der Waals surface area contributed by atoms with E-state index in [4.69, 9.17) is 5.11 Å². The van der Waals surface area contributed by atoms with Crippen molar-refractivity contribution >= 4 is 0 Å². The molecule has 0 amide bonds. The van der Waals surface area contributed by atoms with Crippen LogP contribution in [0.1, 0.15) is 26.7 Å². The second-order valence-corrected chi connectivity index (χ2v) is 3.48. The van der Waals surface area contributed by atoms with Gasteiger partial charge in [-0.1, -0.05) is 26.7 Å². The van der Waals surface area contributed by atoms with Gasteiger partial charge in [-0.25, -0.2) is 0 Å². The molecule has 66 valence electrons. The predicted octanol–water partition coefficient (Wildman–Crippen LogP) is 1.02. The Bertz CT molecular complexity index is 113. The molecule has 1 rings (SSSR count). The van der Waals surface area contributed by atoms with E-state index < -0.39 is 0 Å². The van der Waals surface area contributed by atoms with Crippen LogP contribution in [0, 0.1) is 17.8 Å². The van der Waals surface area contributed by atoms with Crippen LogP contribution in [-0.4, -0.2) is 22.9 Å². The average molecular weight is 158 g/mol. The molecule has 2 heteroatoms. The lowest BCUT2D eigenvalue weighted by molar-refractivity contribution is -0.122. The lowest BCUT2D eigenvalue weighted by Gasteiger charge is -2.48. The van der Waals surface area contributed by atoms with Crippen LogP contribution >= 0.6 is 0 Å². The summed E-state index contributed by atoms with van der Waals surface area (Å²) in [5.41, 5.74) is 0. The molecule has 0 saturated heterocycles. The lowest BCUT2D eigenvalue weighted by atomic mass is 9.60. The minimum atomic E-state index is -0.241. The van der Waals surface area contributed by atoms with Crippen LogP contribution in [0.5, 0.6) is 0 Å². The molecule has 0 aliphatic heterocycles. The number of aliphatic hydroxyl groups excluding tert-OH is 2. The van der Waals surface area contributed by atoms with Crippen LogP contribution in [0.2, 0.25) is 0 Å². The molecule has 1 aliphatic carbocycles. The number of rotatable bonds is 3. The fourth-order valence-electron chi connectivity index (χ4n) is 2.39. The molecule has 0 spiro atoms. The normalized spacial score (nSPS) is 43.6. The fraction of sp³-hybridized carbons (Fsp3) is 1.00. The summed E-state index contributed by atoms with van der Waals surface area (Å²) < 4.78 is 0. The molecule has 0 radical (unpaired) electrons. The van der Waals surface area contributed by atoms with Crippen molar-refractivity contribution in [2.24, 2.45) is 17.8 Å². The first-order valence-corrected chi connectivity index (χ1v) is 4.55. The zero-order valence-corrected chi connectivity index (χ0v) is 7.33. The third-order valence-corrected chi connectivity index (χ3v) is 3.13. The molecule has 1 saturated carbocycles. The Morgan fingerprint density at radius 1 is 1.00 bits per heavy atom. The van der Waals surface area contributed by atoms with E-state index in [9.17, 15) is 5.11 Å². The monoisotopic (exact) mass is 158 g/mol. The highest BCUT2D eigenvalue weighted by Gasteiger charge is 2.46. The van der Waals surface area contributed by atoms with Crippen molar-refractivity contribution in [3.63, 3.8) is 0 Å². The van der Waals surface area contributed by atoms with E-state index in [1.54, 1.807) is 0 Å². The van der Waals surface area contributed by atoms with E-state index in [-0.39, 0.29) is 18.6 Å². The van der Waals surface area contributed by atoms with Gasteiger partial charge in [-0.2, -0.15) is 0 Å². The Balaban J connectivity index is 2.47. The average Bonchev–Trinajstić information content (AvgIpc) is 2.01. The van der Waals surface area contributed by atoms with Gasteiger partial charge in [0.15, 0.2) is 0 Å². The zero-order chi connectivity index (χ0) is 8.43. The minimum absolute atomic E-state index is 0.149. The lowest BCUT2D eigenvalue weighted by Crippen LogP contribution is -2.52. The van der Waals surface area contributed by atoms with E-state index in [0.717, 1.165) is 12.8 Å². The second kappa shape index (κ2) is 3.55. The summed E-state index contributed by atoms with van der Waals surface area (Å²) in [6, 6.07) is 0. The molecule has 4 unspecified atom stereocenters. The Labute approximate surface area is 68.2 Å². The maximum atomic E-state index is 9.51. The van der Waals surface area contributed by atoms with Crippen LogP contribution in [0.15, 0.2) is 0 Å². The van der Waals surface area contributed by atoms with Crippen LogP contribution in [0.25, 0.3) is 0 Å². The third kappa shape index (κ3) is 1.30. The highest BCUT2D eigenvalue weighted by molar-refractivity contribution is 4.95. The van der Waals surface area contributed by atoms with Gasteiger partial charge in [-0.3, -0.25) is 0 Å². The molecule has 0 aromatic rings. The molecule has 0 heterocycles. The van der Waals surface area contributed by atoms with Gasteiger partial charge in [0.05, 0.1) is 6.10 Å². The molecule has 0 bridgehead atoms. The van der Waals surface area contributed by atoms with Crippen molar-refractivity contribution in [1.82, 2.24) is 0 Å². The maximum absolute atomic E-state index is 9.51. The van der Waals surface area contributed by atoms with Crippen LogP contribution < -0.4 is 0 Å². The summed E-state index contributed by atoms with van der Waals surface area (Å²) in [6.07, 6.45) is 1.88.